The second kappa shape index (κ2) is 6.51. The van der Waals surface area contributed by atoms with E-state index in [2.05, 4.69) is 15.6 Å². The van der Waals surface area contributed by atoms with Crippen molar-refractivity contribution >= 4 is 17.6 Å². The van der Waals surface area contributed by atoms with Gasteiger partial charge in [0.25, 0.3) is 0 Å². The second-order valence-electron chi connectivity index (χ2n) is 5.94. The molecule has 22 heavy (non-hydrogen) atoms. The second-order valence-corrected chi connectivity index (χ2v) is 5.94. The highest BCUT2D eigenvalue weighted by Gasteiger charge is 2.16. The fourth-order valence-electron chi connectivity index (χ4n) is 1.82. The van der Waals surface area contributed by atoms with E-state index >= 15 is 0 Å². The lowest BCUT2D eigenvalue weighted by molar-refractivity contribution is 0.0635. The number of amides is 1. The number of pyridine rings is 1. The molecule has 6 nitrogen and oxygen atoms in total. The van der Waals surface area contributed by atoms with Gasteiger partial charge in [0.1, 0.15) is 17.2 Å². The lowest BCUT2D eigenvalue weighted by Crippen LogP contribution is -2.27. The van der Waals surface area contributed by atoms with Crippen molar-refractivity contribution in [3.63, 3.8) is 0 Å². The molecule has 0 radical (unpaired) electrons. The lowest BCUT2D eigenvalue weighted by Gasteiger charge is -2.19. The van der Waals surface area contributed by atoms with E-state index in [1.807, 2.05) is 45.9 Å². The first-order chi connectivity index (χ1) is 10.3. The predicted molar refractivity (Wildman–Crippen MR) is 84.8 cm³/mol. The summed E-state index contributed by atoms with van der Waals surface area (Å²) in [5, 5.41) is 5.85. The Morgan fingerprint density at radius 2 is 2.09 bits per heavy atom. The number of furan rings is 1. The van der Waals surface area contributed by atoms with Crippen LogP contribution in [0.2, 0.25) is 0 Å². The molecule has 0 aliphatic rings. The third-order valence-electron chi connectivity index (χ3n) is 2.75. The number of nitrogens with one attached hydrogen (secondary N) is 2. The summed E-state index contributed by atoms with van der Waals surface area (Å²) in [5.41, 5.74) is 0.294. The molecule has 6 heteroatoms. The summed E-state index contributed by atoms with van der Waals surface area (Å²) in [7, 11) is 0. The fourth-order valence-corrected chi connectivity index (χ4v) is 1.82. The molecular weight excluding hydrogens is 282 g/mol. The Kier molecular flexibility index (Phi) is 4.70. The number of ether oxygens (including phenoxy) is 1. The van der Waals surface area contributed by atoms with Gasteiger partial charge in [-0.05, 0) is 52.0 Å². The normalized spacial score (nSPS) is 12.5. The Bertz CT molecular complexity index is 601. The largest absolute Gasteiger partial charge is 0.467 e. The van der Waals surface area contributed by atoms with E-state index in [1.165, 1.54) is 0 Å². The molecule has 0 aromatic carbocycles. The molecule has 1 amide bonds. The van der Waals surface area contributed by atoms with Gasteiger partial charge in [-0.25, -0.2) is 9.78 Å². The highest BCUT2D eigenvalue weighted by atomic mass is 16.6. The molecule has 0 saturated carbocycles. The average Bonchev–Trinajstić information content (AvgIpc) is 2.92. The van der Waals surface area contributed by atoms with Gasteiger partial charge in [0.2, 0.25) is 0 Å². The van der Waals surface area contributed by atoms with E-state index in [4.69, 9.17) is 9.15 Å². The zero-order chi connectivity index (χ0) is 16.2. The van der Waals surface area contributed by atoms with Gasteiger partial charge >= 0.3 is 6.09 Å². The van der Waals surface area contributed by atoms with Crippen molar-refractivity contribution in [1.82, 2.24) is 4.98 Å². The molecule has 1 atom stereocenters. The highest BCUT2D eigenvalue weighted by molar-refractivity contribution is 5.83. The van der Waals surface area contributed by atoms with E-state index in [0.717, 1.165) is 11.4 Å². The summed E-state index contributed by atoms with van der Waals surface area (Å²) in [4.78, 5) is 15.8. The van der Waals surface area contributed by atoms with Gasteiger partial charge in [-0.3, -0.25) is 5.32 Å². The number of anilines is 2. The summed E-state index contributed by atoms with van der Waals surface area (Å²) in [6.07, 6.45) is 2.76. The molecule has 0 fully saturated rings. The zero-order valence-electron chi connectivity index (χ0n) is 13.2. The molecule has 2 heterocycles. The van der Waals surface area contributed by atoms with Crippen LogP contribution in [0.25, 0.3) is 0 Å². The molecule has 0 aliphatic heterocycles. The Morgan fingerprint density at radius 3 is 2.64 bits per heavy atom. The third-order valence-corrected chi connectivity index (χ3v) is 2.75. The molecular formula is C16H21N3O3. The van der Waals surface area contributed by atoms with Crippen LogP contribution in [0.4, 0.5) is 16.3 Å². The molecule has 0 bridgehead atoms. The topological polar surface area (TPSA) is 76.4 Å². The Labute approximate surface area is 129 Å². The molecule has 0 saturated heterocycles. The maximum Gasteiger partial charge on any atom is 0.413 e. The van der Waals surface area contributed by atoms with Crippen molar-refractivity contribution < 1.29 is 13.9 Å². The molecule has 2 rings (SSSR count). The number of carbonyl (C=O) groups is 1. The van der Waals surface area contributed by atoms with Gasteiger partial charge in [-0.15, -0.1) is 0 Å². The van der Waals surface area contributed by atoms with Crippen molar-refractivity contribution in [2.24, 2.45) is 0 Å². The maximum atomic E-state index is 11.6. The monoisotopic (exact) mass is 303 g/mol. The molecule has 0 aliphatic carbocycles. The quantitative estimate of drug-likeness (QED) is 0.885. The summed E-state index contributed by atoms with van der Waals surface area (Å²) >= 11 is 0. The minimum absolute atomic E-state index is 0.0291. The van der Waals surface area contributed by atoms with Crippen LogP contribution in [0.1, 0.15) is 39.5 Å². The van der Waals surface area contributed by atoms with Crippen LogP contribution in [-0.2, 0) is 4.74 Å². The van der Waals surface area contributed by atoms with Gasteiger partial charge in [-0.2, -0.15) is 0 Å². The van der Waals surface area contributed by atoms with Gasteiger partial charge in [0, 0.05) is 0 Å². The SMILES string of the molecule is CC(Nc1ccc(NC(=O)OC(C)(C)C)nc1)c1ccco1. The number of hydrogen-bond acceptors (Lipinski definition) is 5. The van der Waals surface area contributed by atoms with Gasteiger partial charge in [0.15, 0.2) is 0 Å². The lowest BCUT2D eigenvalue weighted by atomic mass is 10.2. The first-order valence-corrected chi connectivity index (χ1v) is 7.09. The average molecular weight is 303 g/mol. The first-order valence-electron chi connectivity index (χ1n) is 7.09. The minimum Gasteiger partial charge on any atom is -0.467 e. The van der Waals surface area contributed by atoms with Crippen LogP contribution in [0.3, 0.4) is 0 Å². The third kappa shape index (κ3) is 4.80. The van der Waals surface area contributed by atoms with Crippen molar-refractivity contribution in [2.45, 2.75) is 39.3 Å². The van der Waals surface area contributed by atoms with E-state index in [-0.39, 0.29) is 6.04 Å². The first kappa shape index (κ1) is 15.9. The summed E-state index contributed by atoms with van der Waals surface area (Å²) < 4.78 is 10.5. The maximum absolute atomic E-state index is 11.6. The summed E-state index contributed by atoms with van der Waals surface area (Å²) in [6.45, 7) is 7.42. The number of hydrogen-bond donors (Lipinski definition) is 2. The van der Waals surface area contributed by atoms with Gasteiger partial charge in [-0.1, -0.05) is 0 Å². The summed E-state index contributed by atoms with van der Waals surface area (Å²) in [5.74, 6) is 1.28. The number of rotatable bonds is 4. The van der Waals surface area contributed by atoms with Crippen LogP contribution >= 0.6 is 0 Å². The smallest absolute Gasteiger partial charge is 0.413 e. The number of aromatic nitrogens is 1. The minimum atomic E-state index is -0.538. The van der Waals surface area contributed by atoms with Crippen LogP contribution in [0.15, 0.2) is 41.1 Å². The van der Waals surface area contributed by atoms with Crippen LogP contribution in [0, 0.1) is 0 Å². The summed E-state index contributed by atoms with van der Waals surface area (Å²) in [6, 6.07) is 7.32. The van der Waals surface area contributed by atoms with Crippen LogP contribution in [0.5, 0.6) is 0 Å². The Balaban J connectivity index is 1.91. The van der Waals surface area contributed by atoms with Crippen molar-refractivity contribution in [3.8, 4) is 0 Å². The fraction of sp³-hybridized carbons (Fsp3) is 0.375. The van der Waals surface area contributed by atoms with Crippen LogP contribution < -0.4 is 10.6 Å². The number of nitrogens with zero attached hydrogens (tertiary/aromatic N) is 1. The van der Waals surface area contributed by atoms with E-state index < -0.39 is 11.7 Å². The molecule has 2 N–H and O–H groups in total. The van der Waals surface area contributed by atoms with Crippen molar-refractivity contribution in [3.05, 3.63) is 42.5 Å². The molecule has 1 unspecified atom stereocenters. The molecule has 2 aromatic rings. The van der Waals surface area contributed by atoms with E-state index in [1.54, 1.807) is 18.5 Å². The molecule has 2 aromatic heterocycles. The van der Waals surface area contributed by atoms with Gasteiger partial charge < -0.3 is 14.5 Å². The zero-order valence-corrected chi connectivity index (χ0v) is 13.2. The van der Waals surface area contributed by atoms with Crippen LogP contribution in [-0.4, -0.2) is 16.7 Å². The van der Waals surface area contributed by atoms with Gasteiger partial charge in [0.05, 0.1) is 24.2 Å². The van der Waals surface area contributed by atoms with E-state index in [0.29, 0.717) is 5.82 Å². The van der Waals surface area contributed by atoms with E-state index in [9.17, 15) is 4.79 Å². The Morgan fingerprint density at radius 1 is 1.32 bits per heavy atom. The molecule has 0 spiro atoms. The molecule has 118 valence electrons. The van der Waals surface area contributed by atoms with Crippen molar-refractivity contribution in [2.75, 3.05) is 10.6 Å². The number of carbonyl (C=O) groups excluding carboxylic acids is 1. The Hall–Kier alpha value is -2.50. The van der Waals surface area contributed by atoms with Crippen molar-refractivity contribution in [1.29, 1.82) is 0 Å². The highest BCUT2D eigenvalue weighted by Crippen LogP contribution is 2.20. The standard InChI is InChI=1S/C16H21N3O3/c1-11(13-6-5-9-21-13)18-12-7-8-14(17-10-12)19-15(20)22-16(2,3)4/h5-11,18H,1-4H3,(H,17,19,20). The predicted octanol–water partition coefficient (Wildman–Crippen LogP) is 4.19.